The van der Waals surface area contributed by atoms with E-state index in [1.165, 1.54) is 63.6 Å². The molecule has 0 fully saturated rings. The van der Waals surface area contributed by atoms with Gasteiger partial charge in [-0.05, 0) is 48.5 Å². The Morgan fingerprint density at radius 2 is 1.83 bits per heavy atom. The van der Waals surface area contributed by atoms with Crippen molar-refractivity contribution in [3.63, 3.8) is 0 Å². The summed E-state index contributed by atoms with van der Waals surface area (Å²) in [5.74, 6) is -0.421. The molecule has 0 saturated heterocycles. The van der Waals surface area contributed by atoms with Gasteiger partial charge in [0.05, 0.1) is 24.3 Å². The fourth-order valence-electron chi connectivity index (χ4n) is 3.93. The van der Waals surface area contributed by atoms with E-state index < -0.39 is 12.5 Å². The van der Waals surface area contributed by atoms with Crippen LogP contribution in [0.2, 0.25) is 0 Å². The molecule has 0 aliphatic carbocycles. The summed E-state index contributed by atoms with van der Waals surface area (Å²) in [7, 11) is 3.28. The second-order valence-corrected chi connectivity index (χ2v) is 8.81. The van der Waals surface area contributed by atoms with E-state index in [1.54, 1.807) is 50.6 Å². The number of amides is 2. The Hall–Kier alpha value is -5.50. The lowest BCUT2D eigenvalue weighted by Crippen LogP contribution is -2.39. The van der Waals surface area contributed by atoms with Crippen molar-refractivity contribution in [2.24, 2.45) is 0 Å². The van der Waals surface area contributed by atoms with Crippen molar-refractivity contribution >= 4 is 23.2 Å². The average Bonchev–Trinajstić information content (AvgIpc) is 3.39. The van der Waals surface area contributed by atoms with Crippen LogP contribution in [0, 0.1) is 0 Å². The third kappa shape index (κ3) is 5.91. The Labute approximate surface area is 231 Å². The maximum absolute atomic E-state index is 13.3. The molecule has 3 heterocycles. The normalized spacial score (nSPS) is 12.9. The Morgan fingerprint density at radius 3 is 2.56 bits per heavy atom. The third-order valence-corrected chi connectivity index (χ3v) is 5.81. The summed E-state index contributed by atoms with van der Waals surface area (Å²) in [6, 6.07) is 12.1. The molecule has 12 nitrogen and oxygen atoms in total. The minimum Gasteiger partial charge on any atom is -0.457 e. The first-order valence-corrected chi connectivity index (χ1v) is 12.0. The van der Waals surface area contributed by atoms with Gasteiger partial charge in [-0.1, -0.05) is 0 Å². The van der Waals surface area contributed by atoms with Gasteiger partial charge >= 0.3 is 6.61 Å². The van der Waals surface area contributed by atoms with Crippen molar-refractivity contribution < 1.29 is 33.1 Å². The van der Waals surface area contributed by atoms with E-state index in [4.69, 9.17) is 9.47 Å². The number of carbonyl (C=O) groups excluding carboxylic acids is 2. The molecular weight excluding hydrogens is 540 g/mol. The maximum atomic E-state index is 13.3. The molecule has 41 heavy (non-hydrogen) atoms. The van der Waals surface area contributed by atoms with E-state index in [-0.39, 0.29) is 34.2 Å². The molecule has 14 heteroatoms. The number of halogens is 2. The zero-order valence-corrected chi connectivity index (χ0v) is 21.7. The predicted octanol–water partition coefficient (Wildman–Crippen LogP) is 3.95. The SMILES string of the molecule is CN(C)C(=O)c1ccc(Oc2ccc(OC(F)F)c(C3=CN(O)C=CN3NC(=O)c3cnn4cccnc34)c2)cc1. The number of hydrogen-bond donors (Lipinski definition) is 2. The number of fused-ring (bicyclic) bond motifs is 1. The maximum Gasteiger partial charge on any atom is 0.387 e. The molecule has 0 unspecified atom stereocenters. The number of hydrogen-bond acceptors (Lipinski definition) is 9. The highest BCUT2D eigenvalue weighted by Crippen LogP contribution is 2.36. The number of nitrogens with zero attached hydrogens (tertiary/aromatic N) is 6. The van der Waals surface area contributed by atoms with Crippen LogP contribution in [-0.2, 0) is 0 Å². The first-order valence-electron chi connectivity index (χ1n) is 12.0. The number of carbonyl (C=O) groups is 2. The van der Waals surface area contributed by atoms with Gasteiger partial charge in [-0.2, -0.15) is 13.9 Å². The monoisotopic (exact) mass is 563 g/mol. The minimum absolute atomic E-state index is 0.0592. The number of aromatic nitrogens is 3. The van der Waals surface area contributed by atoms with Crippen LogP contribution in [0.25, 0.3) is 11.3 Å². The summed E-state index contributed by atoms with van der Waals surface area (Å²) in [4.78, 5) is 30.9. The molecule has 2 N–H and O–H groups in total. The number of rotatable bonds is 8. The van der Waals surface area contributed by atoms with E-state index in [2.05, 4.69) is 15.5 Å². The molecule has 0 atom stereocenters. The lowest BCUT2D eigenvalue weighted by atomic mass is 10.1. The number of ether oxygens (including phenoxy) is 2. The van der Waals surface area contributed by atoms with Crippen LogP contribution in [0.4, 0.5) is 8.78 Å². The Kier molecular flexibility index (Phi) is 7.47. The van der Waals surface area contributed by atoms with Crippen molar-refractivity contribution in [1.29, 1.82) is 0 Å². The van der Waals surface area contributed by atoms with Gasteiger partial charge in [0.15, 0.2) is 5.65 Å². The number of nitrogens with one attached hydrogen (secondary N) is 1. The van der Waals surface area contributed by atoms with Crippen molar-refractivity contribution in [3.05, 3.63) is 102 Å². The van der Waals surface area contributed by atoms with Gasteiger partial charge < -0.3 is 14.4 Å². The van der Waals surface area contributed by atoms with Crippen molar-refractivity contribution in [2.75, 3.05) is 14.1 Å². The zero-order valence-electron chi connectivity index (χ0n) is 21.7. The van der Waals surface area contributed by atoms with Crippen molar-refractivity contribution in [1.82, 2.24) is 35.0 Å². The molecule has 0 saturated carbocycles. The van der Waals surface area contributed by atoms with Gasteiger partial charge in [0.2, 0.25) is 0 Å². The molecule has 2 amide bonds. The van der Waals surface area contributed by atoms with Crippen molar-refractivity contribution in [2.45, 2.75) is 6.61 Å². The van der Waals surface area contributed by atoms with Gasteiger partial charge in [0, 0.05) is 43.8 Å². The Balaban J connectivity index is 1.45. The third-order valence-electron chi connectivity index (χ3n) is 5.81. The van der Waals surface area contributed by atoms with Gasteiger partial charge in [0.25, 0.3) is 11.8 Å². The van der Waals surface area contributed by atoms with Crippen molar-refractivity contribution in [3.8, 4) is 17.2 Å². The first kappa shape index (κ1) is 27.1. The summed E-state index contributed by atoms with van der Waals surface area (Å²) < 4.78 is 38.7. The summed E-state index contributed by atoms with van der Waals surface area (Å²) in [6.07, 6.45) is 8.20. The van der Waals surface area contributed by atoms with E-state index in [0.717, 1.165) is 0 Å². The highest BCUT2D eigenvalue weighted by molar-refractivity contribution is 6.00. The molecule has 210 valence electrons. The smallest absolute Gasteiger partial charge is 0.387 e. The topological polar surface area (TPSA) is 125 Å². The summed E-state index contributed by atoms with van der Waals surface area (Å²) in [5, 5.41) is 16.2. The zero-order chi connectivity index (χ0) is 29.1. The van der Waals surface area contributed by atoms with E-state index in [9.17, 15) is 23.6 Å². The molecular formula is C27H23F2N7O5. The van der Waals surface area contributed by atoms with Crippen LogP contribution in [0.15, 0.2) is 85.7 Å². The fraction of sp³-hybridized carbons (Fsp3) is 0.111. The second kappa shape index (κ2) is 11.3. The molecule has 2 aromatic carbocycles. The Morgan fingerprint density at radius 1 is 1.07 bits per heavy atom. The van der Waals surface area contributed by atoms with Gasteiger partial charge in [-0.15, -0.1) is 0 Å². The van der Waals surface area contributed by atoms with Crippen LogP contribution >= 0.6 is 0 Å². The fourth-order valence-corrected chi connectivity index (χ4v) is 3.93. The molecule has 5 rings (SSSR count). The molecule has 0 spiro atoms. The predicted molar refractivity (Wildman–Crippen MR) is 141 cm³/mol. The summed E-state index contributed by atoms with van der Waals surface area (Å²) >= 11 is 0. The number of hydrazine groups is 1. The van der Waals surface area contributed by atoms with Gasteiger partial charge in [-0.3, -0.25) is 25.2 Å². The highest BCUT2D eigenvalue weighted by atomic mass is 19.3. The van der Waals surface area contributed by atoms with Crippen LogP contribution < -0.4 is 14.9 Å². The van der Waals surface area contributed by atoms with E-state index >= 15 is 0 Å². The van der Waals surface area contributed by atoms with Crippen LogP contribution in [0.5, 0.6) is 17.2 Å². The first-order chi connectivity index (χ1) is 19.7. The van der Waals surface area contributed by atoms with Crippen LogP contribution in [0.1, 0.15) is 26.3 Å². The molecule has 2 aromatic heterocycles. The molecule has 4 aromatic rings. The standard InChI is InChI=1S/C27H23F2N7O5/c1-33(2)26(38)17-4-6-18(7-5-17)40-19-8-9-23(41-27(28)29)20(14-19)22-16-34(39)12-13-35(22)32-25(37)21-15-31-36-11-3-10-30-24(21)36/h3-16,27,39H,1-2H3,(H,32,37). The van der Waals surface area contributed by atoms with E-state index in [0.29, 0.717) is 22.0 Å². The largest absolute Gasteiger partial charge is 0.457 e. The number of benzene rings is 2. The minimum atomic E-state index is -3.15. The molecule has 0 bridgehead atoms. The van der Waals surface area contributed by atoms with Crippen LogP contribution in [-0.4, -0.2) is 67.3 Å². The summed E-state index contributed by atoms with van der Waals surface area (Å²) in [6.45, 7) is -3.15. The number of hydroxylamine groups is 2. The highest BCUT2D eigenvalue weighted by Gasteiger charge is 2.24. The molecule has 1 aliphatic heterocycles. The van der Waals surface area contributed by atoms with Gasteiger partial charge in [-0.25, -0.2) is 14.6 Å². The van der Waals surface area contributed by atoms with Gasteiger partial charge in [0.1, 0.15) is 22.8 Å². The lowest BCUT2D eigenvalue weighted by molar-refractivity contribution is -0.0502. The quantitative estimate of drug-likeness (QED) is 0.328. The number of alkyl halides is 2. The molecule has 1 aliphatic rings. The van der Waals surface area contributed by atoms with Crippen LogP contribution in [0.3, 0.4) is 0 Å². The second-order valence-electron chi connectivity index (χ2n) is 8.81. The molecule has 0 radical (unpaired) electrons. The summed E-state index contributed by atoms with van der Waals surface area (Å²) in [5.41, 5.74) is 3.69. The van der Waals surface area contributed by atoms with E-state index in [1.807, 2.05) is 0 Å². The lowest BCUT2D eigenvalue weighted by Gasteiger charge is -2.29. The average molecular weight is 564 g/mol. The Bertz CT molecular complexity index is 1650.